The van der Waals surface area contributed by atoms with Crippen LogP contribution in [0.5, 0.6) is 0 Å². The largest absolute Gasteiger partial charge is 0.311 e. The average Bonchev–Trinajstić information content (AvgIpc) is 2.46. The van der Waals surface area contributed by atoms with Crippen LogP contribution in [0.15, 0.2) is 0 Å². The smallest absolute Gasteiger partial charge is 0.00978 e. The van der Waals surface area contributed by atoms with E-state index < -0.39 is 0 Å². The molecule has 20 heavy (non-hydrogen) atoms. The van der Waals surface area contributed by atoms with Crippen molar-refractivity contribution in [3.8, 4) is 0 Å². The average molecular weight is 280 g/mol. The molecule has 0 heterocycles. The molecule has 0 aromatic rings. The third-order valence-electron chi connectivity index (χ3n) is 5.75. The molecule has 0 amide bonds. The molecule has 1 nitrogen and oxygen atoms in total. The van der Waals surface area contributed by atoms with Crippen molar-refractivity contribution in [2.45, 2.75) is 109 Å². The molecular weight excluding hydrogens is 242 g/mol. The molecule has 1 heteroatoms. The summed E-state index contributed by atoms with van der Waals surface area (Å²) in [5.41, 5.74) is 0. The van der Waals surface area contributed by atoms with Gasteiger partial charge in [0.2, 0.25) is 0 Å². The fourth-order valence-electron chi connectivity index (χ4n) is 4.28. The van der Waals surface area contributed by atoms with Crippen LogP contribution in [-0.2, 0) is 0 Å². The predicted octanol–water partition coefficient (Wildman–Crippen LogP) is 5.68. The maximum Gasteiger partial charge on any atom is 0.00978 e. The van der Waals surface area contributed by atoms with Crippen LogP contribution in [0.1, 0.15) is 97.3 Å². The first-order valence-electron chi connectivity index (χ1n) is 9.51. The second kappa shape index (κ2) is 9.07. The highest BCUT2D eigenvalue weighted by molar-refractivity contribution is 4.82. The van der Waals surface area contributed by atoms with Crippen LogP contribution in [-0.4, -0.2) is 12.1 Å². The van der Waals surface area contributed by atoms with Crippen molar-refractivity contribution in [2.75, 3.05) is 0 Å². The minimum Gasteiger partial charge on any atom is -0.311 e. The van der Waals surface area contributed by atoms with Crippen molar-refractivity contribution in [1.29, 1.82) is 0 Å². The number of hydrogen-bond acceptors (Lipinski definition) is 1. The summed E-state index contributed by atoms with van der Waals surface area (Å²) in [5.74, 6) is 1.79. The molecule has 2 saturated carbocycles. The van der Waals surface area contributed by atoms with Crippen molar-refractivity contribution in [2.24, 2.45) is 11.8 Å². The molecule has 2 fully saturated rings. The summed E-state index contributed by atoms with van der Waals surface area (Å²) in [5, 5.41) is 4.10. The highest BCUT2D eigenvalue weighted by atomic mass is 15.0. The van der Waals surface area contributed by atoms with Gasteiger partial charge in [0.1, 0.15) is 0 Å². The fraction of sp³-hybridized carbons (Fsp3) is 1.00. The predicted molar refractivity (Wildman–Crippen MR) is 89.1 cm³/mol. The van der Waals surface area contributed by atoms with Crippen LogP contribution in [0, 0.1) is 11.8 Å². The van der Waals surface area contributed by atoms with E-state index in [-0.39, 0.29) is 0 Å². The molecule has 0 aromatic heterocycles. The lowest BCUT2D eigenvalue weighted by molar-refractivity contribution is 0.256. The van der Waals surface area contributed by atoms with E-state index in [0.29, 0.717) is 0 Å². The molecule has 2 aliphatic rings. The Balaban J connectivity index is 1.87. The van der Waals surface area contributed by atoms with E-state index in [1.807, 2.05) is 0 Å². The van der Waals surface area contributed by atoms with Crippen LogP contribution in [0.4, 0.5) is 0 Å². The normalized spacial score (nSPS) is 35.4. The molecule has 0 spiro atoms. The summed E-state index contributed by atoms with van der Waals surface area (Å²) in [7, 11) is 0. The Labute approximate surface area is 127 Å². The van der Waals surface area contributed by atoms with Gasteiger partial charge in [0.25, 0.3) is 0 Å². The molecule has 0 radical (unpaired) electrons. The lowest BCUT2D eigenvalue weighted by Crippen LogP contribution is -2.43. The Morgan fingerprint density at radius 1 is 0.650 bits per heavy atom. The van der Waals surface area contributed by atoms with E-state index in [2.05, 4.69) is 19.2 Å². The number of hydrogen-bond donors (Lipinski definition) is 1. The van der Waals surface area contributed by atoms with Gasteiger partial charge in [-0.1, -0.05) is 71.6 Å². The summed E-state index contributed by atoms with van der Waals surface area (Å²) < 4.78 is 0. The minimum absolute atomic E-state index is 0.785. The van der Waals surface area contributed by atoms with Crippen molar-refractivity contribution in [3.05, 3.63) is 0 Å². The Morgan fingerprint density at radius 2 is 1.20 bits per heavy atom. The summed E-state index contributed by atoms with van der Waals surface area (Å²) in [6.45, 7) is 4.98. The SMILES string of the molecule is CC1CCCCCC(C)C(NC2CCCCCCC2)C1. The van der Waals surface area contributed by atoms with Crippen LogP contribution < -0.4 is 5.32 Å². The van der Waals surface area contributed by atoms with Gasteiger partial charge in [0.05, 0.1) is 0 Å². The van der Waals surface area contributed by atoms with E-state index in [1.54, 1.807) is 0 Å². The third kappa shape index (κ3) is 5.76. The quantitative estimate of drug-likeness (QED) is 0.685. The van der Waals surface area contributed by atoms with Gasteiger partial charge in [0.15, 0.2) is 0 Å². The van der Waals surface area contributed by atoms with E-state index in [0.717, 1.165) is 23.9 Å². The first-order chi connectivity index (χ1) is 9.75. The molecule has 3 unspecified atom stereocenters. The molecule has 0 aliphatic heterocycles. The van der Waals surface area contributed by atoms with E-state index in [1.165, 1.54) is 83.5 Å². The zero-order valence-electron chi connectivity index (χ0n) is 14.0. The van der Waals surface area contributed by atoms with Crippen LogP contribution in [0.3, 0.4) is 0 Å². The maximum absolute atomic E-state index is 4.10. The molecular formula is C19H37N. The van der Waals surface area contributed by atoms with Gasteiger partial charge in [-0.25, -0.2) is 0 Å². The van der Waals surface area contributed by atoms with Gasteiger partial charge in [-0.05, 0) is 37.5 Å². The van der Waals surface area contributed by atoms with Crippen LogP contribution in [0.2, 0.25) is 0 Å². The molecule has 2 aliphatic carbocycles. The van der Waals surface area contributed by atoms with E-state index in [9.17, 15) is 0 Å². The lowest BCUT2D eigenvalue weighted by atomic mass is 9.87. The van der Waals surface area contributed by atoms with Crippen molar-refractivity contribution in [1.82, 2.24) is 5.32 Å². The number of rotatable bonds is 2. The van der Waals surface area contributed by atoms with Gasteiger partial charge in [0, 0.05) is 12.1 Å². The lowest BCUT2D eigenvalue weighted by Gasteiger charge is -2.32. The fourth-order valence-corrected chi connectivity index (χ4v) is 4.28. The van der Waals surface area contributed by atoms with Gasteiger partial charge in [-0.2, -0.15) is 0 Å². The second-order valence-corrected chi connectivity index (χ2v) is 7.77. The van der Waals surface area contributed by atoms with Crippen LogP contribution in [0.25, 0.3) is 0 Å². The standard InChI is InChI=1S/C19H37N/c1-16-11-7-6-8-12-17(2)19(15-16)20-18-13-9-4-3-5-10-14-18/h16-20H,3-15H2,1-2H3. The van der Waals surface area contributed by atoms with E-state index >= 15 is 0 Å². The maximum atomic E-state index is 4.10. The Kier molecular flexibility index (Phi) is 7.41. The van der Waals surface area contributed by atoms with Gasteiger partial charge >= 0.3 is 0 Å². The zero-order chi connectivity index (χ0) is 14.2. The second-order valence-electron chi connectivity index (χ2n) is 7.77. The first-order valence-corrected chi connectivity index (χ1v) is 9.51. The molecule has 1 N–H and O–H groups in total. The van der Waals surface area contributed by atoms with Gasteiger partial charge in [-0.15, -0.1) is 0 Å². The minimum atomic E-state index is 0.785. The van der Waals surface area contributed by atoms with Crippen LogP contribution >= 0.6 is 0 Å². The summed E-state index contributed by atoms with van der Waals surface area (Å²) in [4.78, 5) is 0. The highest BCUT2D eigenvalue weighted by Gasteiger charge is 2.24. The molecule has 0 aromatic carbocycles. The van der Waals surface area contributed by atoms with E-state index in [4.69, 9.17) is 0 Å². The highest BCUT2D eigenvalue weighted by Crippen LogP contribution is 2.27. The molecule has 2 rings (SSSR count). The molecule has 0 bridgehead atoms. The molecule has 3 atom stereocenters. The topological polar surface area (TPSA) is 12.0 Å². The number of nitrogens with one attached hydrogen (secondary N) is 1. The summed E-state index contributed by atoms with van der Waals surface area (Å²) in [6.07, 6.45) is 18.9. The van der Waals surface area contributed by atoms with Crippen molar-refractivity contribution < 1.29 is 0 Å². The Morgan fingerprint density at radius 3 is 1.95 bits per heavy atom. The Bertz CT molecular complexity index is 242. The summed E-state index contributed by atoms with van der Waals surface area (Å²) >= 11 is 0. The molecule has 118 valence electrons. The van der Waals surface area contributed by atoms with Gasteiger partial charge < -0.3 is 5.32 Å². The Hall–Kier alpha value is -0.0400. The van der Waals surface area contributed by atoms with Gasteiger partial charge in [-0.3, -0.25) is 0 Å². The molecule has 0 saturated heterocycles. The van der Waals surface area contributed by atoms with Crippen molar-refractivity contribution in [3.63, 3.8) is 0 Å². The monoisotopic (exact) mass is 279 g/mol. The zero-order valence-corrected chi connectivity index (χ0v) is 14.0. The van der Waals surface area contributed by atoms with Crippen molar-refractivity contribution >= 4 is 0 Å². The first kappa shape index (κ1) is 16.3. The third-order valence-corrected chi connectivity index (χ3v) is 5.75. The summed E-state index contributed by atoms with van der Waals surface area (Å²) in [6, 6.07) is 1.60.